The highest BCUT2D eigenvalue weighted by Gasteiger charge is 2.18. The fourth-order valence-electron chi connectivity index (χ4n) is 3.23. The van der Waals surface area contributed by atoms with Gasteiger partial charge < -0.3 is 0 Å². The summed E-state index contributed by atoms with van der Waals surface area (Å²) in [6.45, 7) is 5.56. The predicted octanol–water partition coefficient (Wildman–Crippen LogP) is 2.68. The van der Waals surface area contributed by atoms with E-state index in [-0.39, 0.29) is 5.82 Å². The summed E-state index contributed by atoms with van der Waals surface area (Å²) in [7, 11) is 0. The van der Waals surface area contributed by atoms with Gasteiger partial charge in [-0.05, 0) is 39.6 Å². The van der Waals surface area contributed by atoms with Gasteiger partial charge in [-0.25, -0.2) is 9.02 Å². The van der Waals surface area contributed by atoms with Crippen LogP contribution in [0.1, 0.15) is 11.1 Å². The Kier molecular flexibility index (Phi) is 4.23. The van der Waals surface area contributed by atoms with E-state index in [4.69, 9.17) is 4.63 Å². The Bertz CT molecular complexity index is 827. The minimum atomic E-state index is -0.166. The predicted molar refractivity (Wildman–Crippen MR) is 88.8 cm³/mol. The minimum absolute atomic E-state index is 0.166. The number of nitrogens with zero attached hydrogens (tertiary/aromatic N) is 4. The van der Waals surface area contributed by atoms with Crippen molar-refractivity contribution in [3.05, 3.63) is 59.4 Å². The fourth-order valence-corrected chi connectivity index (χ4v) is 3.23. The van der Waals surface area contributed by atoms with Crippen LogP contribution in [0.4, 0.5) is 4.39 Å². The van der Waals surface area contributed by atoms with Crippen LogP contribution < -0.4 is 0 Å². The number of piperazine rings is 1. The molecule has 5 nitrogen and oxygen atoms in total. The Hall–Kier alpha value is -2.31. The SMILES string of the molecule is Fc1cccc(CN2CCN(Cc3cccc4nonc34)CC2)c1. The van der Waals surface area contributed by atoms with Gasteiger partial charge in [0.1, 0.15) is 16.9 Å². The Labute approximate surface area is 139 Å². The summed E-state index contributed by atoms with van der Waals surface area (Å²) in [4.78, 5) is 4.77. The van der Waals surface area contributed by atoms with Crippen LogP contribution in [-0.4, -0.2) is 46.3 Å². The van der Waals surface area contributed by atoms with Gasteiger partial charge in [0.2, 0.25) is 0 Å². The topological polar surface area (TPSA) is 45.4 Å². The summed E-state index contributed by atoms with van der Waals surface area (Å²) in [6, 6.07) is 12.8. The smallest absolute Gasteiger partial charge is 0.139 e. The monoisotopic (exact) mass is 326 g/mol. The first-order valence-electron chi connectivity index (χ1n) is 8.17. The van der Waals surface area contributed by atoms with Crippen LogP contribution in [0.3, 0.4) is 0 Å². The molecule has 0 atom stereocenters. The summed E-state index contributed by atoms with van der Waals surface area (Å²) >= 11 is 0. The van der Waals surface area contributed by atoms with Crippen LogP contribution in [-0.2, 0) is 13.1 Å². The third kappa shape index (κ3) is 3.29. The van der Waals surface area contributed by atoms with Gasteiger partial charge in [-0.2, -0.15) is 0 Å². The number of rotatable bonds is 4. The molecular formula is C18H19FN4O. The van der Waals surface area contributed by atoms with Gasteiger partial charge in [-0.15, -0.1) is 0 Å². The number of halogens is 1. The number of hydrogen-bond acceptors (Lipinski definition) is 5. The molecule has 6 heteroatoms. The van der Waals surface area contributed by atoms with E-state index in [0.29, 0.717) is 0 Å². The van der Waals surface area contributed by atoms with Crippen LogP contribution in [0.25, 0.3) is 11.0 Å². The van der Waals surface area contributed by atoms with Gasteiger partial charge in [0.15, 0.2) is 0 Å². The molecule has 0 unspecified atom stereocenters. The normalized spacial score (nSPS) is 16.7. The van der Waals surface area contributed by atoms with E-state index in [9.17, 15) is 4.39 Å². The van der Waals surface area contributed by atoms with Gasteiger partial charge in [0.25, 0.3) is 0 Å². The second-order valence-electron chi connectivity index (χ2n) is 6.23. The Morgan fingerprint density at radius 1 is 0.917 bits per heavy atom. The first-order chi connectivity index (χ1) is 11.8. The van der Waals surface area contributed by atoms with Crippen LogP contribution in [0.15, 0.2) is 47.1 Å². The first kappa shape index (κ1) is 15.2. The largest absolute Gasteiger partial charge is 0.297 e. The van der Waals surface area contributed by atoms with E-state index in [1.54, 1.807) is 12.1 Å². The van der Waals surface area contributed by atoms with Crippen molar-refractivity contribution in [2.75, 3.05) is 26.2 Å². The lowest BCUT2D eigenvalue weighted by molar-refractivity contribution is 0.122. The molecule has 0 spiro atoms. The average Bonchev–Trinajstić information content (AvgIpc) is 3.06. The number of fused-ring (bicyclic) bond motifs is 1. The van der Waals surface area contributed by atoms with E-state index < -0.39 is 0 Å². The first-order valence-corrected chi connectivity index (χ1v) is 8.17. The number of benzene rings is 2. The molecule has 124 valence electrons. The molecule has 3 aromatic rings. The molecule has 0 aliphatic carbocycles. The average molecular weight is 326 g/mol. The summed E-state index contributed by atoms with van der Waals surface area (Å²) in [5, 5.41) is 7.90. The molecule has 0 saturated carbocycles. The van der Waals surface area contributed by atoms with Crippen molar-refractivity contribution < 1.29 is 9.02 Å². The summed E-state index contributed by atoms with van der Waals surface area (Å²) in [5.74, 6) is -0.166. The second kappa shape index (κ2) is 6.67. The van der Waals surface area contributed by atoms with Crippen LogP contribution >= 0.6 is 0 Å². The molecule has 0 bridgehead atoms. The van der Waals surface area contributed by atoms with Gasteiger partial charge in [0.05, 0.1) is 0 Å². The molecule has 1 aliphatic heterocycles. The zero-order valence-electron chi connectivity index (χ0n) is 13.4. The van der Waals surface area contributed by atoms with E-state index in [0.717, 1.165) is 61.4 Å². The maximum absolute atomic E-state index is 13.3. The summed E-state index contributed by atoms with van der Waals surface area (Å²) in [5.41, 5.74) is 3.83. The summed E-state index contributed by atoms with van der Waals surface area (Å²) in [6.07, 6.45) is 0. The van der Waals surface area contributed by atoms with Gasteiger partial charge in [0, 0.05) is 39.3 Å². The van der Waals surface area contributed by atoms with Crippen LogP contribution in [0.5, 0.6) is 0 Å². The second-order valence-corrected chi connectivity index (χ2v) is 6.23. The molecule has 0 N–H and O–H groups in total. The van der Waals surface area contributed by atoms with Crippen molar-refractivity contribution in [2.24, 2.45) is 0 Å². The lowest BCUT2D eigenvalue weighted by atomic mass is 10.1. The molecule has 4 rings (SSSR count). The summed E-state index contributed by atoms with van der Waals surface area (Å²) < 4.78 is 18.1. The Balaban J connectivity index is 1.35. The standard InChI is InChI=1S/C18H19FN4O/c19-16-5-1-3-14(11-16)12-22-7-9-23(10-8-22)13-15-4-2-6-17-18(15)21-24-20-17/h1-6,11H,7-10,12-13H2. The zero-order chi connectivity index (χ0) is 16.4. The molecule has 0 radical (unpaired) electrons. The molecule has 0 amide bonds. The van der Waals surface area contributed by atoms with Crippen molar-refractivity contribution in [3.63, 3.8) is 0 Å². The fraction of sp³-hybridized carbons (Fsp3) is 0.333. The Morgan fingerprint density at radius 2 is 1.67 bits per heavy atom. The quantitative estimate of drug-likeness (QED) is 0.738. The molecule has 1 aliphatic rings. The third-order valence-electron chi connectivity index (χ3n) is 4.52. The number of hydrogen-bond donors (Lipinski definition) is 0. The lowest BCUT2D eigenvalue weighted by Crippen LogP contribution is -2.45. The zero-order valence-corrected chi connectivity index (χ0v) is 13.4. The van der Waals surface area contributed by atoms with Crippen LogP contribution in [0.2, 0.25) is 0 Å². The van der Waals surface area contributed by atoms with Crippen molar-refractivity contribution in [1.82, 2.24) is 20.1 Å². The lowest BCUT2D eigenvalue weighted by Gasteiger charge is -2.34. The number of aromatic nitrogens is 2. The van der Waals surface area contributed by atoms with Gasteiger partial charge in [-0.1, -0.05) is 24.3 Å². The molecule has 1 fully saturated rings. The minimum Gasteiger partial charge on any atom is -0.297 e. The van der Waals surface area contributed by atoms with E-state index in [2.05, 4.69) is 26.2 Å². The molecular weight excluding hydrogens is 307 g/mol. The molecule has 1 aromatic heterocycles. The van der Waals surface area contributed by atoms with Gasteiger partial charge in [-0.3, -0.25) is 9.80 Å². The van der Waals surface area contributed by atoms with E-state index >= 15 is 0 Å². The van der Waals surface area contributed by atoms with Crippen molar-refractivity contribution in [1.29, 1.82) is 0 Å². The maximum Gasteiger partial charge on any atom is 0.139 e. The molecule has 1 saturated heterocycles. The van der Waals surface area contributed by atoms with E-state index in [1.165, 1.54) is 6.07 Å². The highest BCUT2D eigenvalue weighted by atomic mass is 19.1. The van der Waals surface area contributed by atoms with E-state index in [1.807, 2.05) is 18.2 Å². The molecule has 2 heterocycles. The Morgan fingerprint density at radius 3 is 2.46 bits per heavy atom. The third-order valence-corrected chi connectivity index (χ3v) is 4.52. The van der Waals surface area contributed by atoms with Crippen molar-refractivity contribution in [3.8, 4) is 0 Å². The molecule has 24 heavy (non-hydrogen) atoms. The van der Waals surface area contributed by atoms with Crippen molar-refractivity contribution >= 4 is 11.0 Å². The molecule has 2 aromatic carbocycles. The highest BCUT2D eigenvalue weighted by molar-refractivity contribution is 5.76. The van der Waals surface area contributed by atoms with Crippen molar-refractivity contribution in [2.45, 2.75) is 13.1 Å². The van der Waals surface area contributed by atoms with Crippen LogP contribution in [0, 0.1) is 5.82 Å². The maximum atomic E-state index is 13.3. The van der Waals surface area contributed by atoms with Gasteiger partial charge >= 0.3 is 0 Å². The highest BCUT2D eigenvalue weighted by Crippen LogP contribution is 2.18.